The van der Waals surface area contributed by atoms with Crippen molar-refractivity contribution in [3.63, 3.8) is 0 Å². The molecule has 0 radical (unpaired) electrons. The highest BCUT2D eigenvalue weighted by Gasteiger charge is 2.31. The van der Waals surface area contributed by atoms with Crippen molar-refractivity contribution in [3.05, 3.63) is 34.9 Å². The average Bonchev–Trinajstić information content (AvgIpc) is 2.57. The van der Waals surface area contributed by atoms with Crippen molar-refractivity contribution in [3.8, 4) is 0 Å². The van der Waals surface area contributed by atoms with Gasteiger partial charge in [-0.15, -0.1) is 24.0 Å². The molecule has 1 atom stereocenters. The summed E-state index contributed by atoms with van der Waals surface area (Å²) in [6, 6.07) is 8.47. The van der Waals surface area contributed by atoms with Crippen LogP contribution in [-0.4, -0.2) is 68.1 Å². The van der Waals surface area contributed by atoms with E-state index in [1.807, 2.05) is 24.3 Å². The van der Waals surface area contributed by atoms with Crippen LogP contribution in [0.2, 0.25) is 5.02 Å². The van der Waals surface area contributed by atoms with Gasteiger partial charge in [0.25, 0.3) is 0 Å². The maximum atomic E-state index is 6.18. The molecular weight excluding hydrogens is 425 g/mol. The minimum Gasteiger partial charge on any atom is -0.355 e. The first-order valence-corrected chi connectivity index (χ1v) is 8.28. The van der Waals surface area contributed by atoms with Crippen LogP contribution in [0.4, 0.5) is 0 Å². The Hall–Kier alpha value is -0.570. The quantitative estimate of drug-likeness (QED) is 0.417. The van der Waals surface area contributed by atoms with E-state index in [0.29, 0.717) is 12.6 Å². The fourth-order valence-electron chi connectivity index (χ4n) is 3.17. The zero-order valence-electron chi connectivity index (χ0n) is 13.5. The predicted molar refractivity (Wildman–Crippen MR) is 107 cm³/mol. The van der Waals surface area contributed by atoms with Gasteiger partial charge in [-0.25, -0.2) is 0 Å². The van der Waals surface area contributed by atoms with E-state index in [2.05, 4.69) is 25.4 Å². The number of benzene rings is 1. The van der Waals surface area contributed by atoms with Gasteiger partial charge in [-0.1, -0.05) is 29.8 Å². The molecule has 0 aromatic heterocycles. The maximum absolute atomic E-state index is 6.18. The molecule has 23 heavy (non-hydrogen) atoms. The van der Waals surface area contributed by atoms with E-state index in [-0.39, 0.29) is 24.0 Å². The van der Waals surface area contributed by atoms with Crippen LogP contribution in [0.5, 0.6) is 0 Å². The van der Waals surface area contributed by atoms with E-state index in [1.54, 1.807) is 7.05 Å². The van der Waals surface area contributed by atoms with E-state index < -0.39 is 0 Å². The van der Waals surface area contributed by atoms with Gasteiger partial charge in [-0.05, 0) is 11.6 Å². The third-order valence-corrected chi connectivity index (χ3v) is 4.89. The van der Waals surface area contributed by atoms with Crippen molar-refractivity contribution >= 4 is 41.5 Å². The zero-order chi connectivity index (χ0) is 15.4. The molecule has 3 saturated heterocycles. The summed E-state index contributed by atoms with van der Waals surface area (Å²) in [4.78, 5) is 9.42. The number of nitrogens with zero attached hydrogens (tertiary/aromatic N) is 3. The highest BCUT2D eigenvalue weighted by molar-refractivity contribution is 14.0. The number of guanidine groups is 1. The summed E-state index contributed by atoms with van der Waals surface area (Å²) in [5.74, 6) is 0.831. The molecule has 128 valence electrons. The van der Waals surface area contributed by atoms with Crippen molar-refractivity contribution in [1.29, 1.82) is 0 Å². The molecular formula is C16H25ClIN5. The number of nitrogens with one attached hydrogen (secondary N) is 2. The smallest absolute Gasteiger partial charge is 0.191 e. The molecule has 5 nitrogen and oxygen atoms in total. The average molecular weight is 450 g/mol. The molecule has 3 heterocycles. The second-order valence-electron chi connectivity index (χ2n) is 5.89. The van der Waals surface area contributed by atoms with Gasteiger partial charge >= 0.3 is 0 Å². The van der Waals surface area contributed by atoms with Crippen LogP contribution >= 0.6 is 35.6 Å². The summed E-state index contributed by atoms with van der Waals surface area (Å²) in [7, 11) is 1.80. The number of halogens is 2. The first kappa shape index (κ1) is 18.8. The van der Waals surface area contributed by atoms with Crippen LogP contribution in [0.3, 0.4) is 0 Å². The van der Waals surface area contributed by atoms with Crippen LogP contribution < -0.4 is 10.6 Å². The number of hydrogen-bond donors (Lipinski definition) is 2. The Balaban J connectivity index is 0.00000192. The van der Waals surface area contributed by atoms with E-state index in [9.17, 15) is 0 Å². The lowest BCUT2D eigenvalue weighted by Gasteiger charge is -2.47. The van der Waals surface area contributed by atoms with Crippen molar-refractivity contribution in [1.82, 2.24) is 20.4 Å². The second kappa shape index (κ2) is 9.05. The molecule has 4 rings (SSSR count). The monoisotopic (exact) mass is 449 g/mol. The molecule has 0 aliphatic carbocycles. The lowest BCUT2D eigenvalue weighted by atomic mass is 10.1. The maximum Gasteiger partial charge on any atom is 0.191 e. The highest BCUT2D eigenvalue weighted by Crippen LogP contribution is 2.15. The van der Waals surface area contributed by atoms with E-state index >= 15 is 0 Å². The Bertz CT molecular complexity index is 531. The van der Waals surface area contributed by atoms with Crippen LogP contribution in [0, 0.1) is 0 Å². The molecule has 0 saturated carbocycles. The van der Waals surface area contributed by atoms with Crippen molar-refractivity contribution in [2.75, 3.05) is 46.3 Å². The summed E-state index contributed by atoms with van der Waals surface area (Å²) in [5, 5.41) is 7.56. The van der Waals surface area contributed by atoms with Crippen LogP contribution in [0.25, 0.3) is 0 Å². The number of hydrogen-bond acceptors (Lipinski definition) is 3. The molecule has 2 bridgehead atoms. The Morgan fingerprint density at radius 1 is 1.22 bits per heavy atom. The van der Waals surface area contributed by atoms with Crippen LogP contribution in [0.1, 0.15) is 5.56 Å². The first-order chi connectivity index (χ1) is 10.8. The summed E-state index contributed by atoms with van der Waals surface area (Å²) < 4.78 is 0. The summed E-state index contributed by atoms with van der Waals surface area (Å²) in [6.07, 6.45) is 0. The highest BCUT2D eigenvalue weighted by atomic mass is 127. The topological polar surface area (TPSA) is 42.9 Å². The summed E-state index contributed by atoms with van der Waals surface area (Å²) in [5.41, 5.74) is 1.08. The third kappa shape index (κ3) is 4.95. The molecule has 1 aromatic carbocycles. The molecule has 1 unspecified atom stereocenters. The number of piperazine rings is 3. The molecule has 7 heteroatoms. The number of aliphatic imine (C=N–C) groups is 1. The van der Waals surface area contributed by atoms with Crippen LogP contribution in [-0.2, 0) is 6.54 Å². The Morgan fingerprint density at radius 3 is 2.57 bits per heavy atom. The van der Waals surface area contributed by atoms with Gasteiger partial charge in [0.05, 0.1) is 0 Å². The summed E-state index contributed by atoms with van der Waals surface area (Å²) >= 11 is 6.18. The molecule has 3 fully saturated rings. The van der Waals surface area contributed by atoms with E-state index in [1.165, 1.54) is 26.2 Å². The SMILES string of the molecule is CN=C(NCc1ccccc1Cl)NCC1CN2CCN1CC2.I. The minimum absolute atomic E-state index is 0. The van der Waals surface area contributed by atoms with Gasteiger partial charge in [0.15, 0.2) is 5.96 Å². The molecule has 1 aromatic rings. The van der Waals surface area contributed by atoms with Gasteiger partial charge in [0.2, 0.25) is 0 Å². The van der Waals surface area contributed by atoms with E-state index in [4.69, 9.17) is 11.6 Å². The van der Waals surface area contributed by atoms with Crippen LogP contribution in [0.15, 0.2) is 29.3 Å². The molecule has 3 aliphatic rings. The minimum atomic E-state index is 0. The lowest BCUT2D eigenvalue weighted by molar-refractivity contribution is 0.0154. The molecule has 0 spiro atoms. The van der Waals surface area contributed by atoms with Gasteiger partial charge in [-0.3, -0.25) is 14.8 Å². The largest absolute Gasteiger partial charge is 0.355 e. The first-order valence-electron chi connectivity index (χ1n) is 7.90. The van der Waals surface area contributed by atoms with Gasteiger partial charge in [0.1, 0.15) is 0 Å². The Kier molecular flexibility index (Phi) is 7.39. The molecule has 0 amide bonds. The normalized spacial score (nSPS) is 26.5. The lowest BCUT2D eigenvalue weighted by Crippen LogP contribution is -2.63. The van der Waals surface area contributed by atoms with Crippen molar-refractivity contribution < 1.29 is 0 Å². The standard InChI is InChI=1S/C16H24ClN5.HI/c1-18-16(19-10-13-4-2-3-5-15(13)17)20-11-14-12-21-6-8-22(14)9-7-21;/h2-5,14H,6-12H2,1H3,(H2,18,19,20);1H. The fraction of sp³-hybridized carbons (Fsp3) is 0.562. The second-order valence-corrected chi connectivity index (χ2v) is 6.30. The van der Waals surface area contributed by atoms with E-state index in [0.717, 1.165) is 29.6 Å². The van der Waals surface area contributed by atoms with Gasteiger partial charge < -0.3 is 10.6 Å². The summed E-state index contributed by atoms with van der Waals surface area (Å²) in [6.45, 7) is 7.59. The van der Waals surface area contributed by atoms with Crippen molar-refractivity contribution in [2.24, 2.45) is 4.99 Å². The number of rotatable bonds is 4. The van der Waals surface area contributed by atoms with Gasteiger partial charge in [-0.2, -0.15) is 0 Å². The Morgan fingerprint density at radius 2 is 1.96 bits per heavy atom. The third-order valence-electron chi connectivity index (χ3n) is 4.53. The van der Waals surface area contributed by atoms with Crippen molar-refractivity contribution in [2.45, 2.75) is 12.6 Å². The number of fused-ring (bicyclic) bond motifs is 3. The fourth-order valence-corrected chi connectivity index (χ4v) is 3.38. The molecule has 2 N–H and O–H groups in total. The predicted octanol–water partition coefficient (Wildman–Crippen LogP) is 1.62. The molecule has 3 aliphatic heterocycles. The zero-order valence-corrected chi connectivity index (χ0v) is 16.6. The Labute approximate surface area is 160 Å². The van der Waals surface area contributed by atoms with Gasteiger partial charge in [0, 0.05) is 63.9 Å².